The van der Waals surface area contributed by atoms with Crippen LogP contribution in [0, 0.1) is 0 Å². The zero-order valence-electron chi connectivity index (χ0n) is 14.1. The maximum Gasteiger partial charge on any atom is 0.205 e. The zero-order chi connectivity index (χ0) is 17.1. The molecule has 0 amide bonds. The molecule has 4 rings (SSSR count). The number of anilines is 2. The van der Waals surface area contributed by atoms with Crippen LogP contribution in [-0.2, 0) is 6.42 Å². The van der Waals surface area contributed by atoms with Crippen LogP contribution in [0.1, 0.15) is 19.2 Å². The summed E-state index contributed by atoms with van der Waals surface area (Å²) in [4.78, 5) is 14.1. The van der Waals surface area contributed by atoms with Crippen molar-refractivity contribution in [2.75, 3.05) is 36.0 Å². The maximum absolute atomic E-state index is 4.75. The molecule has 0 atom stereocenters. The topological polar surface area (TPSA) is 58.0 Å². The maximum atomic E-state index is 4.75. The Labute approximate surface area is 155 Å². The third kappa shape index (κ3) is 3.64. The van der Waals surface area contributed by atoms with Gasteiger partial charge in [0.25, 0.3) is 0 Å². The first-order valence-electron chi connectivity index (χ1n) is 8.55. The Balaban J connectivity index is 1.45. The highest BCUT2D eigenvalue weighted by molar-refractivity contribution is 7.10. The van der Waals surface area contributed by atoms with Gasteiger partial charge in [-0.25, -0.2) is 4.98 Å². The zero-order valence-corrected chi connectivity index (χ0v) is 15.8. The molecule has 3 heterocycles. The van der Waals surface area contributed by atoms with Crippen LogP contribution >= 0.6 is 23.1 Å². The second-order valence-corrected chi connectivity index (χ2v) is 7.40. The highest BCUT2D eigenvalue weighted by Gasteiger charge is 2.20. The van der Waals surface area contributed by atoms with E-state index in [-0.39, 0.29) is 0 Å². The molecule has 0 N–H and O–H groups in total. The van der Waals surface area contributed by atoms with E-state index in [2.05, 4.69) is 42.6 Å². The van der Waals surface area contributed by atoms with Crippen molar-refractivity contribution in [3.63, 3.8) is 0 Å². The lowest BCUT2D eigenvalue weighted by Gasteiger charge is -2.20. The van der Waals surface area contributed by atoms with Gasteiger partial charge in [-0.2, -0.15) is 13.7 Å². The third-order valence-electron chi connectivity index (χ3n) is 4.26. The van der Waals surface area contributed by atoms with E-state index in [1.807, 2.05) is 18.2 Å². The lowest BCUT2D eigenvalue weighted by Crippen LogP contribution is -2.30. The molecule has 6 nitrogen and oxygen atoms in total. The van der Waals surface area contributed by atoms with Gasteiger partial charge in [-0.3, -0.25) is 0 Å². The Morgan fingerprint density at radius 3 is 2.24 bits per heavy atom. The van der Waals surface area contributed by atoms with Gasteiger partial charge < -0.3 is 9.80 Å². The lowest BCUT2D eigenvalue weighted by atomic mass is 10.2. The molecule has 1 aliphatic rings. The molecule has 1 saturated heterocycles. The predicted molar refractivity (Wildman–Crippen MR) is 104 cm³/mol. The molecule has 3 aromatic rings. The van der Waals surface area contributed by atoms with Crippen LogP contribution in [-0.4, -0.2) is 44.9 Å². The van der Waals surface area contributed by atoms with Gasteiger partial charge in [0.2, 0.25) is 10.3 Å². The van der Waals surface area contributed by atoms with Gasteiger partial charge in [-0.15, -0.1) is 0 Å². The fraction of sp³-hybridized carbons (Fsp3) is 0.412. The fourth-order valence-electron chi connectivity index (χ4n) is 2.87. The molecule has 0 spiro atoms. The number of hydrogen-bond acceptors (Lipinski definition) is 8. The van der Waals surface area contributed by atoms with Gasteiger partial charge >= 0.3 is 0 Å². The van der Waals surface area contributed by atoms with Crippen LogP contribution in [0.4, 0.5) is 10.3 Å². The van der Waals surface area contributed by atoms with E-state index in [1.165, 1.54) is 23.1 Å². The van der Waals surface area contributed by atoms with Crippen molar-refractivity contribution >= 4 is 33.3 Å². The second-order valence-electron chi connectivity index (χ2n) is 5.94. The summed E-state index contributed by atoms with van der Waals surface area (Å²) in [5.74, 6) is 1.76. The Hall–Kier alpha value is -2.06. The van der Waals surface area contributed by atoms with Crippen LogP contribution in [0.5, 0.6) is 0 Å². The van der Waals surface area contributed by atoms with Gasteiger partial charge in [-0.05, 0) is 6.42 Å². The number of nitrogens with zero attached hydrogens (tertiary/aromatic N) is 6. The smallest absolute Gasteiger partial charge is 0.205 e. The fourth-order valence-corrected chi connectivity index (χ4v) is 4.41. The minimum absolute atomic E-state index is 0.818. The largest absolute Gasteiger partial charge is 0.345 e. The molecule has 25 heavy (non-hydrogen) atoms. The van der Waals surface area contributed by atoms with Crippen LogP contribution in [0.3, 0.4) is 0 Å². The summed E-state index contributed by atoms with van der Waals surface area (Å²) in [5.41, 5.74) is 1.07. The third-order valence-corrected chi connectivity index (χ3v) is 5.85. The molecule has 0 radical (unpaired) electrons. The molecule has 8 heteroatoms. The van der Waals surface area contributed by atoms with Crippen molar-refractivity contribution < 1.29 is 0 Å². The molecule has 1 fully saturated rings. The van der Waals surface area contributed by atoms with Gasteiger partial charge in [-0.1, -0.05) is 37.3 Å². The van der Waals surface area contributed by atoms with Crippen molar-refractivity contribution in [2.24, 2.45) is 0 Å². The molecule has 1 aliphatic heterocycles. The van der Waals surface area contributed by atoms with Gasteiger partial charge in [0, 0.05) is 61.2 Å². The van der Waals surface area contributed by atoms with E-state index in [9.17, 15) is 0 Å². The van der Waals surface area contributed by atoms with Gasteiger partial charge in [0.05, 0.1) is 0 Å². The number of rotatable bonds is 4. The SMILES string of the molecule is CCc1nsc(N2CCCN(c3nc(-c4ccccc4)ns3)CC2)n1. The first kappa shape index (κ1) is 16.4. The highest BCUT2D eigenvalue weighted by Crippen LogP contribution is 2.26. The Kier molecular flexibility index (Phi) is 4.89. The minimum atomic E-state index is 0.818. The second kappa shape index (κ2) is 7.45. The summed E-state index contributed by atoms with van der Waals surface area (Å²) in [7, 11) is 0. The summed E-state index contributed by atoms with van der Waals surface area (Å²) in [6.45, 7) is 5.98. The van der Waals surface area contributed by atoms with Crippen LogP contribution < -0.4 is 9.80 Å². The molecular weight excluding hydrogens is 352 g/mol. The first-order chi connectivity index (χ1) is 12.3. The highest BCUT2D eigenvalue weighted by atomic mass is 32.1. The van der Waals surface area contributed by atoms with E-state index in [4.69, 9.17) is 4.98 Å². The molecular formula is C17H20N6S2. The van der Waals surface area contributed by atoms with Crippen molar-refractivity contribution in [2.45, 2.75) is 19.8 Å². The normalized spacial score (nSPS) is 15.4. The van der Waals surface area contributed by atoms with Crippen LogP contribution in [0.2, 0.25) is 0 Å². The van der Waals surface area contributed by atoms with Crippen molar-refractivity contribution in [3.05, 3.63) is 36.2 Å². The van der Waals surface area contributed by atoms with Gasteiger partial charge in [0.1, 0.15) is 5.82 Å². The Bertz CT molecular complexity index is 815. The first-order valence-corrected chi connectivity index (χ1v) is 10.1. The minimum Gasteiger partial charge on any atom is -0.345 e. The van der Waals surface area contributed by atoms with E-state index in [0.717, 1.165) is 66.5 Å². The van der Waals surface area contributed by atoms with E-state index < -0.39 is 0 Å². The van der Waals surface area contributed by atoms with Crippen molar-refractivity contribution in [1.29, 1.82) is 0 Å². The summed E-state index contributed by atoms with van der Waals surface area (Å²) in [5, 5.41) is 2.05. The average molecular weight is 373 g/mol. The van der Waals surface area contributed by atoms with Crippen molar-refractivity contribution in [3.8, 4) is 11.4 Å². The summed E-state index contributed by atoms with van der Waals surface area (Å²) in [6, 6.07) is 10.2. The number of aromatic nitrogens is 4. The van der Waals surface area contributed by atoms with E-state index in [0.29, 0.717) is 0 Å². The predicted octanol–water partition coefficient (Wildman–Crippen LogP) is 3.34. The Morgan fingerprint density at radius 2 is 1.56 bits per heavy atom. The van der Waals surface area contributed by atoms with Crippen molar-refractivity contribution in [1.82, 2.24) is 18.7 Å². The van der Waals surface area contributed by atoms with Crippen LogP contribution in [0.15, 0.2) is 30.3 Å². The molecule has 0 bridgehead atoms. The molecule has 2 aromatic heterocycles. The summed E-state index contributed by atoms with van der Waals surface area (Å²) >= 11 is 3.00. The summed E-state index contributed by atoms with van der Waals surface area (Å²) < 4.78 is 8.95. The van der Waals surface area contributed by atoms with E-state index >= 15 is 0 Å². The summed E-state index contributed by atoms with van der Waals surface area (Å²) in [6.07, 6.45) is 1.98. The lowest BCUT2D eigenvalue weighted by molar-refractivity contribution is 0.800. The number of aryl methyl sites for hydroxylation is 1. The average Bonchev–Trinajstić information content (AvgIpc) is 3.28. The standard InChI is InChI=1S/C17H20N6S2/c1-2-14-18-16(24-20-14)22-9-6-10-23(12-11-22)17-19-15(21-25-17)13-7-4-3-5-8-13/h3-5,7-8H,2,6,9-12H2,1H3. The number of benzene rings is 1. The van der Waals surface area contributed by atoms with Crippen LogP contribution in [0.25, 0.3) is 11.4 Å². The Morgan fingerprint density at radius 1 is 0.880 bits per heavy atom. The molecule has 0 aliphatic carbocycles. The quantitative estimate of drug-likeness (QED) is 0.700. The monoisotopic (exact) mass is 372 g/mol. The molecule has 0 unspecified atom stereocenters. The van der Waals surface area contributed by atoms with E-state index in [1.54, 1.807) is 0 Å². The molecule has 0 saturated carbocycles. The number of hydrogen-bond donors (Lipinski definition) is 0. The molecule has 1 aromatic carbocycles. The molecule has 130 valence electrons. The van der Waals surface area contributed by atoms with Gasteiger partial charge in [0.15, 0.2) is 5.82 Å².